The van der Waals surface area contributed by atoms with Crippen molar-refractivity contribution in [3.8, 4) is 11.5 Å². The van der Waals surface area contributed by atoms with Crippen molar-refractivity contribution in [3.63, 3.8) is 0 Å². The number of hydrogen-bond acceptors (Lipinski definition) is 5. The number of carbonyl (C=O) groups is 2. The third kappa shape index (κ3) is 3.98. The lowest BCUT2D eigenvalue weighted by Crippen LogP contribution is -2.29. The maximum absolute atomic E-state index is 12.8. The molecule has 0 spiro atoms. The molecule has 2 aromatic carbocycles. The number of benzene rings is 2. The van der Waals surface area contributed by atoms with E-state index in [-0.39, 0.29) is 17.9 Å². The summed E-state index contributed by atoms with van der Waals surface area (Å²) in [5.41, 5.74) is 1.13. The van der Waals surface area contributed by atoms with Crippen LogP contribution in [-0.4, -0.2) is 42.0 Å². The number of Topliss-reactive ketones (excluding diaryl/α,β-unsaturated/α-hetero) is 1. The van der Waals surface area contributed by atoms with E-state index >= 15 is 0 Å². The third-order valence-corrected chi connectivity index (χ3v) is 4.79. The average molecular weight is 405 g/mol. The average Bonchev–Trinajstić information content (AvgIpc) is 3.03. The zero-order chi connectivity index (χ0) is 21.7. The Hall–Kier alpha value is -3.80. The largest absolute Gasteiger partial charge is 0.507 e. The van der Waals surface area contributed by atoms with E-state index in [0.717, 1.165) is 0 Å². The molecule has 6 nitrogen and oxygen atoms in total. The molecule has 1 aliphatic heterocycles. The number of aliphatic hydroxyl groups is 1. The van der Waals surface area contributed by atoms with Crippen molar-refractivity contribution in [2.24, 2.45) is 0 Å². The molecule has 0 radical (unpaired) electrons. The summed E-state index contributed by atoms with van der Waals surface area (Å²) in [7, 11) is 1.56. The van der Waals surface area contributed by atoms with Crippen LogP contribution in [-0.2, 0) is 9.59 Å². The number of ketones is 1. The predicted octanol–water partition coefficient (Wildman–Crippen LogP) is 3.87. The number of carbonyl (C=O) groups excluding carboxylic acids is 2. The highest BCUT2D eigenvalue weighted by Gasteiger charge is 2.45. The van der Waals surface area contributed by atoms with E-state index < -0.39 is 17.7 Å². The zero-order valence-electron chi connectivity index (χ0n) is 16.7. The Morgan fingerprint density at radius 3 is 2.23 bits per heavy atom. The van der Waals surface area contributed by atoms with Gasteiger partial charge in [-0.05, 0) is 42.0 Å². The summed E-state index contributed by atoms with van der Waals surface area (Å²) in [5.74, 6) is -0.402. The fourth-order valence-electron chi connectivity index (χ4n) is 3.36. The minimum atomic E-state index is -0.734. The number of nitrogens with zero attached hydrogens (tertiary/aromatic N) is 1. The number of amides is 1. The van der Waals surface area contributed by atoms with Crippen LogP contribution in [0.5, 0.6) is 11.5 Å². The summed E-state index contributed by atoms with van der Waals surface area (Å²) in [4.78, 5) is 26.9. The molecule has 154 valence electrons. The topological polar surface area (TPSA) is 76.1 Å². The molecule has 0 bridgehead atoms. The second-order valence-electron chi connectivity index (χ2n) is 6.64. The Morgan fingerprint density at radius 1 is 1.03 bits per heavy atom. The molecule has 0 aliphatic carbocycles. The van der Waals surface area contributed by atoms with Crippen LogP contribution in [0.4, 0.5) is 0 Å². The maximum Gasteiger partial charge on any atom is 0.295 e. The van der Waals surface area contributed by atoms with Gasteiger partial charge in [-0.1, -0.05) is 30.9 Å². The molecule has 1 heterocycles. The van der Waals surface area contributed by atoms with Gasteiger partial charge in [0, 0.05) is 12.1 Å². The minimum absolute atomic E-state index is 0.0341. The maximum atomic E-state index is 12.8. The Kier molecular flexibility index (Phi) is 6.37. The van der Waals surface area contributed by atoms with Crippen LogP contribution in [0.3, 0.4) is 0 Å². The Morgan fingerprint density at radius 2 is 1.67 bits per heavy atom. The summed E-state index contributed by atoms with van der Waals surface area (Å²) in [5, 5.41) is 11.0. The van der Waals surface area contributed by atoms with E-state index in [1.165, 1.54) is 4.90 Å². The molecule has 1 N–H and O–H groups in total. The minimum Gasteiger partial charge on any atom is -0.507 e. The van der Waals surface area contributed by atoms with E-state index in [2.05, 4.69) is 13.2 Å². The standard InChI is InChI=1S/C24H23NO5/c1-4-14-25-21(16-6-10-18(29-3)11-7-16)20(23(27)24(25)28)22(26)17-8-12-19(13-9-17)30-15-5-2/h4-13,21,26H,1-2,14-15H2,3H3/b22-20-. The van der Waals surface area contributed by atoms with Crippen molar-refractivity contribution in [1.82, 2.24) is 4.90 Å². The first kappa shape index (κ1) is 20.9. The van der Waals surface area contributed by atoms with Crippen LogP contribution in [0, 0.1) is 0 Å². The van der Waals surface area contributed by atoms with Gasteiger partial charge in [0.15, 0.2) is 0 Å². The first-order chi connectivity index (χ1) is 14.5. The van der Waals surface area contributed by atoms with Crippen LogP contribution in [0.15, 0.2) is 79.4 Å². The van der Waals surface area contributed by atoms with Crippen LogP contribution in [0.1, 0.15) is 17.2 Å². The number of methoxy groups -OCH3 is 1. The first-order valence-electron chi connectivity index (χ1n) is 9.39. The smallest absolute Gasteiger partial charge is 0.295 e. The lowest BCUT2D eigenvalue weighted by Gasteiger charge is -2.24. The molecule has 3 rings (SSSR count). The Balaban J connectivity index is 2.07. The monoisotopic (exact) mass is 405 g/mol. The Labute approximate surface area is 175 Å². The number of rotatable bonds is 8. The number of aliphatic hydroxyl groups excluding tert-OH is 1. The molecule has 1 atom stereocenters. The van der Waals surface area contributed by atoms with Gasteiger partial charge in [0.1, 0.15) is 23.9 Å². The number of likely N-dealkylation sites (tertiary alicyclic amines) is 1. The quantitative estimate of drug-likeness (QED) is 0.312. The van der Waals surface area contributed by atoms with Gasteiger partial charge in [-0.2, -0.15) is 0 Å². The highest BCUT2D eigenvalue weighted by atomic mass is 16.5. The van der Waals surface area contributed by atoms with Gasteiger partial charge in [-0.15, -0.1) is 6.58 Å². The molecule has 1 fully saturated rings. The van der Waals surface area contributed by atoms with Gasteiger partial charge >= 0.3 is 0 Å². The van der Waals surface area contributed by atoms with Crippen molar-refractivity contribution < 1.29 is 24.2 Å². The van der Waals surface area contributed by atoms with Gasteiger partial charge in [0.2, 0.25) is 0 Å². The first-order valence-corrected chi connectivity index (χ1v) is 9.39. The summed E-state index contributed by atoms with van der Waals surface area (Å²) in [6.45, 7) is 7.80. The van der Waals surface area contributed by atoms with E-state index in [4.69, 9.17) is 9.47 Å². The SMILES string of the molecule is C=CCOc1ccc(/C(O)=C2/C(=O)C(=O)N(CC=C)C2c2ccc(OC)cc2)cc1. The number of ether oxygens (including phenoxy) is 2. The summed E-state index contributed by atoms with van der Waals surface area (Å²) in [6, 6.07) is 12.9. The molecule has 6 heteroatoms. The summed E-state index contributed by atoms with van der Waals surface area (Å²) >= 11 is 0. The summed E-state index contributed by atoms with van der Waals surface area (Å²) < 4.78 is 10.6. The van der Waals surface area contributed by atoms with Crippen molar-refractivity contribution in [2.45, 2.75) is 6.04 Å². The van der Waals surface area contributed by atoms with Gasteiger partial charge in [-0.25, -0.2) is 0 Å². The highest BCUT2D eigenvalue weighted by Crippen LogP contribution is 2.39. The van der Waals surface area contributed by atoms with Crippen molar-refractivity contribution in [3.05, 3.63) is 90.5 Å². The van der Waals surface area contributed by atoms with Crippen LogP contribution in [0.2, 0.25) is 0 Å². The molecular weight excluding hydrogens is 382 g/mol. The van der Waals surface area contributed by atoms with Gasteiger partial charge in [-0.3, -0.25) is 9.59 Å². The van der Waals surface area contributed by atoms with E-state index in [1.807, 2.05) is 0 Å². The molecule has 0 aromatic heterocycles. The lowest BCUT2D eigenvalue weighted by atomic mass is 9.95. The lowest BCUT2D eigenvalue weighted by molar-refractivity contribution is -0.139. The van der Waals surface area contributed by atoms with Gasteiger partial charge in [0.05, 0.1) is 18.7 Å². The second kappa shape index (κ2) is 9.13. The van der Waals surface area contributed by atoms with E-state index in [0.29, 0.717) is 29.2 Å². The van der Waals surface area contributed by atoms with Crippen LogP contribution < -0.4 is 9.47 Å². The predicted molar refractivity (Wildman–Crippen MR) is 114 cm³/mol. The Bertz CT molecular complexity index is 989. The van der Waals surface area contributed by atoms with Crippen molar-refractivity contribution in [1.29, 1.82) is 0 Å². The molecule has 2 aromatic rings. The fourth-order valence-corrected chi connectivity index (χ4v) is 3.36. The summed E-state index contributed by atoms with van der Waals surface area (Å²) in [6.07, 6.45) is 3.18. The van der Waals surface area contributed by atoms with Gasteiger partial charge < -0.3 is 19.5 Å². The molecular formula is C24H23NO5. The van der Waals surface area contributed by atoms with Gasteiger partial charge in [0.25, 0.3) is 11.7 Å². The molecule has 1 unspecified atom stereocenters. The van der Waals surface area contributed by atoms with E-state index in [1.54, 1.807) is 67.8 Å². The highest BCUT2D eigenvalue weighted by molar-refractivity contribution is 6.46. The fraction of sp³-hybridized carbons (Fsp3) is 0.167. The van der Waals surface area contributed by atoms with E-state index in [9.17, 15) is 14.7 Å². The van der Waals surface area contributed by atoms with Crippen molar-refractivity contribution in [2.75, 3.05) is 20.3 Å². The molecule has 1 amide bonds. The normalized spacial score (nSPS) is 17.6. The second-order valence-corrected chi connectivity index (χ2v) is 6.64. The van der Waals surface area contributed by atoms with Crippen LogP contribution in [0.25, 0.3) is 5.76 Å². The molecule has 30 heavy (non-hydrogen) atoms. The van der Waals surface area contributed by atoms with Crippen molar-refractivity contribution >= 4 is 17.4 Å². The number of hydrogen-bond donors (Lipinski definition) is 1. The molecule has 1 saturated heterocycles. The molecule has 1 aliphatic rings. The molecule has 0 saturated carbocycles. The third-order valence-electron chi connectivity index (χ3n) is 4.79. The van der Waals surface area contributed by atoms with Crippen LogP contribution >= 0.6 is 0 Å². The zero-order valence-corrected chi connectivity index (χ0v) is 16.7.